The summed E-state index contributed by atoms with van der Waals surface area (Å²) in [6.07, 6.45) is 1.07. The van der Waals surface area contributed by atoms with Crippen LogP contribution in [0, 0.1) is 5.41 Å². The number of aliphatic imine (C=N–C) groups is 1. The van der Waals surface area contributed by atoms with E-state index in [1.54, 1.807) is 0 Å². The van der Waals surface area contributed by atoms with Gasteiger partial charge in [-0.05, 0) is 18.9 Å². The van der Waals surface area contributed by atoms with Crippen LogP contribution < -0.4 is 5.32 Å². The summed E-state index contributed by atoms with van der Waals surface area (Å²) >= 11 is 0. The molecule has 0 saturated carbocycles. The second-order valence-electron chi connectivity index (χ2n) is 5.47. The maximum atomic E-state index is 4.94. The van der Waals surface area contributed by atoms with Crippen LogP contribution in [-0.2, 0) is 0 Å². The Balaban J connectivity index is 2.18. The van der Waals surface area contributed by atoms with E-state index in [1.165, 1.54) is 11.3 Å². The molecule has 1 fully saturated rings. The van der Waals surface area contributed by atoms with E-state index in [0.29, 0.717) is 0 Å². The first-order chi connectivity index (χ1) is 8.09. The van der Waals surface area contributed by atoms with Crippen LogP contribution in [0.25, 0.3) is 0 Å². The highest BCUT2D eigenvalue weighted by Gasteiger charge is 2.28. The number of rotatable bonds is 2. The highest BCUT2D eigenvalue weighted by molar-refractivity contribution is 5.90. The largest absolute Gasteiger partial charge is 0.315 e. The van der Waals surface area contributed by atoms with Crippen LogP contribution in [0.5, 0.6) is 0 Å². The van der Waals surface area contributed by atoms with Gasteiger partial charge in [0.2, 0.25) is 0 Å². The number of nitrogens with zero attached hydrogens (tertiary/aromatic N) is 1. The molecule has 1 aromatic rings. The fourth-order valence-electron chi connectivity index (χ4n) is 2.33. The zero-order valence-corrected chi connectivity index (χ0v) is 11.0. The summed E-state index contributed by atoms with van der Waals surface area (Å²) in [6.45, 7) is 8.82. The quantitative estimate of drug-likeness (QED) is 0.829. The minimum atomic E-state index is 0.196. The summed E-state index contributed by atoms with van der Waals surface area (Å²) in [5.74, 6) is 0. The molecule has 1 aromatic carbocycles. The van der Waals surface area contributed by atoms with E-state index in [-0.39, 0.29) is 11.5 Å². The number of hydrogen-bond donors (Lipinski definition) is 1. The van der Waals surface area contributed by atoms with E-state index < -0.39 is 0 Å². The molecule has 17 heavy (non-hydrogen) atoms. The Morgan fingerprint density at radius 2 is 1.94 bits per heavy atom. The molecule has 2 rings (SSSR count). The molecule has 0 amide bonds. The van der Waals surface area contributed by atoms with Crippen molar-refractivity contribution in [1.82, 2.24) is 5.32 Å². The van der Waals surface area contributed by atoms with Crippen molar-refractivity contribution in [2.45, 2.75) is 33.2 Å². The summed E-state index contributed by atoms with van der Waals surface area (Å²) in [5.41, 5.74) is 2.85. The molecule has 1 saturated heterocycles. The molecule has 1 aliphatic heterocycles. The number of piperidine rings is 1. The van der Waals surface area contributed by atoms with Crippen LogP contribution in [0.4, 0.5) is 0 Å². The summed E-state index contributed by atoms with van der Waals surface area (Å²) in [5, 5.41) is 3.44. The Hall–Kier alpha value is -1.15. The van der Waals surface area contributed by atoms with Crippen molar-refractivity contribution in [2.24, 2.45) is 10.4 Å². The molecule has 2 nitrogen and oxygen atoms in total. The molecule has 1 aliphatic rings. The first kappa shape index (κ1) is 12.3. The van der Waals surface area contributed by atoms with Crippen LogP contribution in [0.3, 0.4) is 0 Å². The van der Waals surface area contributed by atoms with Gasteiger partial charge >= 0.3 is 0 Å². The van der Waals surface area contributed by atoms with Gasteiger partial charge in [0, 0.05) is 24.2 Å². The molecular weight excluding hydrogens is 208 g/mol. The highest BCUT2D eigenvalue weighted by Crippen LogP contribution is 2.26. The Bertz CT molecular complexity index is 393. The third kappa shape index (κ3) is 2.95. The molecule has 1 N–H and O–H groups in total. The van der Waals surface area contributed by atoms with Crippen LogP contribution in [0.15, 0.2) is 35.3 Å². The first-order valence-corrected chi connectivity index (χ1v) is 6.42. The maximum absolute atomic E-state index is 4.94. The first-order valence-electron chi connectivity index (χ1n) is 6.42. The van der Waals surface area contributed by atoms with E-state index in [4.69, 9.17) is 4.99 Å². The van der Waals surface area contributed by atoms with Crippen LogP contribution in [-0.4, -0.2) is 18.8 Å². The van der Waals surface area contributed by atoms with Crippen LogP contribution in [0.1, 0.15) is 38.8 Å². The molecule has 0 bridgehead atoms. The van der Waals surface area contributed by atoms with Crippen LogP contribution >= 0.6 is 0 Å². The van der Waals surface area contributed by atoms with E-state index in [9.17, 15) is 0 Å². The lowest BCUT2D eigenvalue weighted by molar-refractivity contribution is 0.427. The molecule has 0 aromatic heterocycles. The smallest absolute Gasteiger partial charge is 0.0720 e. The number of benzene rings is 1. The van der Waals surface area contributed by atoms with Crippen molar-refractivity contribution in [3.05, 3.63) is 35.9 Å². The van der Waals surface area contributed by atoms with Crippen molar-refractivity contribution < 1.29 is 0 Å². The average Bonchev–Trinajstić information content (AvgIpc) is 2.33. The summed E-state index contributed by atoms with van der Waals surface area (Å²) in [4.78, 5) is 4.94. The van der Waals surface area contributed by atoms with E-state index >= 15 is 0 Å². The monoisotopic (exact) mass is 230 g/mol. The van der Waals surface area contributed by atoms with Gasteiger partial charge in [-0.25, -0.2) is 0 Å². The van der Waals surface area contributed by atoms with Gasteiger partial charge in [-0.1, -0.05) is 44.2 Å². The van der Waals surface area contributed by atoms with Gasteiger partial charge in [-0.2, -0.15) is 0 Å². The summed E-state index contributed by atoms with van der Waals surface area (Å²) < 4.78 is 0. The zero-order valence-electron chi connectivity index (χ0n) is 11.0. The molecule has 1 heterocycles. The second kappa shape index (κ2) is 5.01. The van der Waals surface area contributed by atoms with Gasteiger partial charge in [-0.3, -0.25) is 4.99 Å². The fourth-order valence-corrected chi connectivity index (χ4v) is 2.33. The van der Waals surface area contributed by atoms with Gasteiger partial charge in [0.25, 0.3) is 0 Å². The Labute approximate surface area is 104 Å². The molecule has 0 radical (unpaired) electrons. The van der Waals surface area contributed by atoms with Crippen LogP contribution in [0.2, 0.25) is 0 Å². The summed E-state index contributed by atoms with van der Waals surface area (Å²) in [6, 6.07) is 10.8. The molecule has 0 spiro atoms. The Kier molecular flexibility index (Phi) is 3.63. The molecule has 1 unspecified atom stereocenters. The van der Waals surface area contributed by atoms with Crippen molar-refractivity contribution >= 4 is 5.71 Å². The van der Waals surface area contributed by atoms with E-state index in [2.05, 4.69) is 56.4 Å². The number of nitrogens with one attached hydrogen (secondary N) is 1. The highest BCUT2D eigenvalue weighted by atomic mass is 14.9. The van der Waals surface area contributed by atoms with Gasteiger partial charge < -0.3 is 5.32 Å². The van der Waals surface area contributed by atoms with Crippen molar-refractivity contribution in [2.75, 3.05) is 13.1 Å². The third-order valence-corrected chi connectivity index (χ3v) is 3.52. The van der Waals surface area contributed by atoms with Gasteiger partial charge in [0.15, 0.2) is 0 Å². The van der Waals surface area contributed by atoms with E-state index in [1.807, 2.05) is 0 Å². The molecule has 0 aliphatic carbocycles. The van der Waals surface area contributed by atoms with Crippen molar-refractivity contribution in [3.8, 4) is 0 Å². The van der Waals surface area contributed by atoms with Gasteiger partial charge in [-0.15, -0.1) is 0 Å². The normalized spacial score (nSPS) is 23.6. The van der Waals surface area contributed by atoms with E-state index in [0.717, 1.165) is 19.5 Å². The fraction of sp³-hybridized carbons (Fsp3) is 0.533. The lowest BCUT2D eigenvalue weighted by Crippen LogP contribution is -2.43. The average molecular weight is 230 g/mol. The zero-order chi connectivity index (χ0) is 12.3. The van der Waals surface area contributed by atoms with Gasteiger partial charge in [0.1, 0.15) is 0 Å². The minimum Gasteiger partial charge on any atom is -0.315 e. The minimum absolute atomic E-state index is 0.196. The lowest BCUT2D eigenvalue weighted by atomic mass is 9.82. The maximum Gasteiger partial charge on any atom is 0.0720 e. The Morgan fingerprint density at radius 1 is 1.24 bits per heavy atom. The molecular formula is C15H22N2. The topological polar surface area (TPSA) is 24.4 Å². The second-order valence-corrected chi connectivity index (χ2v) is 5.47. The lowest BCUT2D eigenvalue weighted by Gasteiger charge is -2.33. The number of hydrogen-bond acceptors (Lipinski definition) is 2. The predicted molar refractivity (Wildman–Crippen MR) is 73.6 cm³/mol. The van der Waals surface area contributed by atoms with Gasteiger partial charge in [0.05, 0.1) is 6.04 Å². The SMILES string of the molecule is CC(N=C1CCNCC1(C)C)c1ccccc1. The Morgan fingerprint density at radius 3 is 2.59 bits per heavy atom. The van der Waals surface area contributed by atoms with Crippen molar-refractivity contribution in [3.63, 3.8) is 0 Å². The van der Waals surface area contributed by atoms with Crippen molar-refractivity contribution in [1.29, 1.82) is 0 Å². The molecule has 92 valence electrons. The standard InChI is InChI=1S/C15H22N2/c1-12(13-7-5-4-6-8-13)17-14-9-10-16-11-15(14,2)3/h4-8,12,16H,9-11H2,1-3H3. The predicted octanol–water partition coefficient (Wildman–Crippen LogP) is 3.21. The molecule has 2 heteroatoms. The summed E-state index contributed by atoms with van der Waals surface area (Å²) in [7, 11) is 0. The third-order valence-electron chi connectivity index (χ3n) is 3.52. The molecule has 1 atom stereocenters.